The van der Waals surface area contributed by atoms with Crippen LogP contribution in [0, 0.1) is 5.41 Å². The van der Waals surface area contributed by atoms with E-state index in [4.69, 9.17) is 9.47 Å². The van der Waals surface area contributed by atoms with Crippen molar-refractivity contribution in [2.45, 2.75) is 43.9 Å². The Balaban J connectivity index is 2.20. The first kappa shape index (κ1) is 30.6. The molecule has 1 aromatic carbocycles. The second-order valence-electron chi connectivity index (χ2n) is 9.08. The van der Waals surface area contributed by atoms with Crippen molar-refractivity contribution in [3.63, 3.8) is 0 Å². The third-order valence-electron chi connectivity index (χ3n) is 7.18. The first-order valence-electron chi connectivity index (χ1n) is 12.2. The molecule has 218 valence electrons. The van der Waals surface area contributed by atoms with E-state index < -0.39 is 63.2 Å². The van der Waals surface area contributed by atoms with Crippen molar-refractivity contribution < 1.29 is 41.9 Å². The summed E-state index contributed by atoms with van der Waals surface area (Å²) in [4.78, 5) is 73.3. The maximum absolute atomic E-state index is 13.9. The van der Waals surface area contributed by atoms with E-state index in [-0.39, 0.29) is 29.2 Å². The normalized spacial score (nSPS) is 20.1. The molecule has 2 heterocycles. The zero-order valence-electron chi connectivity index (χ0n) is 23.2. The van der Waals surface area contributed by atoms with Gasteiger partial charge in [-0.15, -0.1) is 0 Å². The quantitative estimate of drug-likeness (QED) is 0.284. The van der Waals surface area contributed by atoms with Crippen LogP contribution in [0.25, 0.3) is 0 Å². The maximum Gasteiger partial charge on any atom is 0.330 e. The zero-order valence-corrected chi connectivity index (χ0v) is 24.0. The number of carbonyl (C=O) groups is 5. The average Bonchev–Trinajstić information content (AvgIpc) is 3.14. The number of likely N-dealkylation sites (N-methyl/N-ethyl adjacent to an activating group) is 2. The van der Waals surface area contributed by atoms with Gasteiger partial charge < -0.3 is 19.7 Å². The molecule has 0 bridgehead atoms. The summed E-state index contributed by atoms with van der Waals surface area (Å²) in [7, 11) is 2.31. The van der Waals surface area contributed by atoms with Crippen LogP contribution in [0.1, 0.15) is 26.7 Å². The predicted octanol–water partition coefficient (Wildman–Crippen LogP) is -0.0196. The van der Waals surface area contributed by atoms with Crippen molar-refractivity contribution in [1.82, 2.24) is 19.4 Å². The molecule has 0 radical (unpaired) electrons. The highest BCUT2D eigenvalue weighted by Crippen LogP contribution is 2.35. The lowest BCUT2D eigenvalue weighted by molar-refractivity contribution is -0.149. The average molecular weight is 581 g/mol. The van der Waals surface area contributed by atoms with E-state index in [0.29, 0.717) is 4.90 Å². The molecule has 2 unspecified atom stereocenters. The van der Waals surface area contributed by atoms with Gasteiger partial charge in [0, 0.05) is 21.2 Å². The van der Waals surface area contributed by atoms with Crippen molar-refractivity contribution in [2.75, 3.05) is 40.7 Å². The molecule has 3 rings (SSSR count). The summed E-state index contributed by atoms with van der Waals surface area (Å²) in [5.41, 5.74) is -1.60. The van der Waals surface area contributed by atoms with Gasteiger partial charge in [-0.1, -0.05) is 13.8 Å². The Kier molecular flexibility index (Phi) is 8.66. The molecular weight excluding hydrogens is 548 g/mol. The molecular formula is C24H32N6O9S. The number of hydrogen-bond acceptors (Lipinski definition) is 9. The smallest absolute Gasteiger partial charge is 0.330 e. The topological polar surface area (TPSA) is 184 Å². The fourth-order valence-corrected chi connectivity index (χ4v) is 5.42. The highest BCUT2D eigenvalue weighted by molar-refractivity contribution is 7.89. The second-order valence-corrected chi connectivity index (χ2v) is 11.0. The Labute approximate surface area is 231 Å². The third kappa shape index (κ3) is 4.82. The van der Waals surface area contributed by atoms with Gasteiger partial charge in [0.1, 0.15) is 17.0 Å². The number of benzene rings is 1. The van der Waals surface area contributed by atoms with Crippen LogP contribution in [-0.2, 0) is 33.9 Å². The Morgan fingerprint density at radius 1 is 1.12 bits per heavy atom. The van der Waals surface area contributed by atoms with Crippen LogP contribution in [0.3, 0.4) is 0 Å². The fraction of sp³-hybridized carbons (Fsp3) is 0.500. The highest BCUT2D eigenvalue weighted by Gasteiger charge is 2.55. The number of sulfonamides is 1. The van der Waals surface area contributed by atoms with Crippen molar-refractivity contribution in [3.8, 4) is 5.75 Å². The number of imide groups is 1. The van der Waals surface area contributed by atoms with Crippen LogP contribution in [0.4, 0.5) is 10.5 Å². The molecule has 0 aromatic heterocycles. The number of amides is 6. The van der Waals surface area contributed by atoms with E-state index in [1.54, 1.807) is 13.8 Å². The van der Waals surface area contributed by atoms with Crippen molar-refractivity contribution in [2.24, 2.45) is 10.4 Å². The van der Waals surface area contributed by atoms with Gasteiger partial charge in [0.2, 0.25) is 22.2 Å². The molecule has 0 spiro atoms. The number of rotatable bonds is 10. The SMILES string of the molecule is CCC1(CC)C(=O)N=C(C(C(=O)Nc2cc(S(=O)(=O)NC)ccc2OC)N2C(=O)C(OC)N(C)C2=O)N(C)C1=O. The number of methoxy groups -OCH3 is 2. The lowest BCUT2D eigenvalue weighted by Crippen LogP contribution is -2.62. The molecule has 1 fully saturated rings. The van der Waals surface area contributed by atoms with E-state index in [1.807, 2.05) is 0 Å². The van der Waals surface area contributed by atoms with Gasteiger partial charge >= 0.3 is 6.03 Å². The largest absolute Gasteiger partial charge is 0.495 e. The lowest BCUT2D eigenvalue weighted by Gasteiger charge is -2.39. The minimum absolute atomic E-state index is 0.0511. The predicted molar refractivity (Wildman–Crippen MR) is 141 cm³/mol. The van der Waals surface area contributed by atoms with E-state index in [1.165, 1.54) is 47.5 Å². The van der Waals surface area contributed by atoms with Crippen LogP contribution < -0.4 is 14.8 Å². The number of carbonyl (C=O) groups excluding carboxylic acids is 5. The van der Waals surface area contributed by atoms with Crippen LogP contribution in [0.5, 0.6) is 5.75 Å². The van der Waals surface area contributed by atoms with Gasteiger partial charge in [-0.05, 0) is 38.1 Å². The molecule has 2 aliphatic rings. The zero-order chi connectivity index (χ0) is 30.2. The Morgan fingerprint density at radius 2 is 1.75 bits per heavy atom. The van der Waals surface area contributed by atoms with Gasteiger partial charge in [-0.25, -0.2) is 22.8 Å². The van der Waals surface area contributed by atoms with Crippen LogP contribution in [-0.4, -0.2) is 106 Å². The number of anilines is 1. The second kappa shape index (κ2) is 11.3. The first-order chi connectivity index (χ1) is 18.8. The Bertz CT molecular complexity index is 1390. The monoisotopic (exact) mass is 580 g/mol. The standard InChI is InChI=1S/C24H32N6O9S/c1-8-24(9-2)21(33)27-17(28(4)22(24)34)16(30-19(32)20(39-7)29(5)23(30)35)18(31)26-14-12-13(40(36,37)25-3)10-11-15(14)38-6/h10-12,16,20,25H,8-9H2,1-7H3,(H,26,31). The van der Waals surface area contributed by atoms with Crippen molar-refractivity contribution >= 4 is 51.2 Å². The molecule has 16 heteroatoms. The van der Waals surface area contributed by atoms with Gasteiger partial charge in [-0.2, -0.15) is 4.99 Å². The molecule has 2 N–H and O–H groups in total. The Morgan fingerprint density at radius 3 is 2.25 bits per heavy atom. The third-order valence-corrected chi connectivity index (χ3v) is 8.59. The summed E-state index contributed by atoms with van der Waals surface area (Å²) >= 11 is 0. The van der Waals surface area contributed by atoms with E-state index in [0.717, 1.165) is 15.9 Å². The van der Waals surface area contributed by atoms with Gasteiger partial charge in [0.25, 0.3) is 17.7 Å². The van der Waals surface area contributed by atoms with E-state index in [9.17, 15) is 32.4 Å². The summed E-state index contributed by atoms with van der Waals surface area (Å²) in [6.45, 7) is 3.31. The number of urea groups is 1. The summed E-state index contributed by atoms with van der Waals surface area (Å²) < 4.78 is 37.3. The van der Waals surface area contributed by atoms with Crippen LogP contribution in [0.2, 0.25) is 0 Å². The fourth-order valence-electron chi connectivity index (χ4n) is 4.67. The summed E-state index contributed by atoms with van der Waals surface area (Å²) in [5, 5.41) is 2.47. The molecule has 1 aromatic rings. The number of hydrogen-bond donors (Lipinski definition) is 2. The van der Waals surface area contributed by atoms with Crippen molar-refractivity contribution in [1.29, 1.82) is 0 Å². The molecule has 40 heavy (non-hydrogen) atoms. The number of nitrogens with one attached hydrogen (secondary N) is 2. The molecule has 0 saturated carbocycles. The molecule has 0 aliphatic carbocycles. The molecule has 1 saturated heterocycles. The van der Waals surface area contributed by atoms with Crippen LogP contribution >= 0.6 is 0 Å². The molecule has 15 nitrogen and oxygen atoms in total. The lowest BCUT2D eigenvalue weighted by atomic mass is 9.78. The van der Waals surface area contributed by atoms with Crippen molar-refractivity contribution in [3.05, 3.63) is 18.2 Å². The van der Waals surface area contributed by atoms with Gasteiger partial charge in [0.05, 0.1) is 17.7 Å². The van der Waals surface area contributed by atoms with Gasteiger partial charge in [-0.3, -0.25) is 24.1 Å². The summed E-state index contributed by atoms with van der Waals surface area (Å²) in [6.07, 6.45) is -1.11. The molecule has 2 atom stereocenters. The summed E-state index contributed by atoms with van der Waals surface area (Å²) in [6, 6.07) is 0.786. The minimum atomic E-state index is -3.94. The number of amidine groups is 1. The molecule has 6 amide bonds. The molecule has 2 aliphatic heterocycles. The Hall–Kier alpha value is -3.89. The summed E-state index contributed by atoms with van der Waals surface area (Å²) in [5.74, 6) is -3.89. The van der Waals surface area contributed by atoms with E-state index in [2.05, 4.69) is 15.0 Å². The first-order valence-corrected chi connectivity index (χ1v) is 13.7. The van der Waals surface area contributed by atoms with Crippen LogP contribution in [0.15, 0.2) is 28.1 Å². The maximum atomic E-state index is 13.9. The number of ether oxygens (including phenoxy) is 2. The number of aliphatic imine (C=N–C) groups is 1. The highest BCUT2D eigenvalue weighted by atomic mass is 32.2. The van der Waals surface area contributed by atoms with E-state index >= 15 is 0 Å². The van der Waals surface area contributed by atoms with Gasteiger partial charge in [0.15, 0.2) is 6.04 Å². The minimum Gasteiger partial charge on any atom is -0.495 e. The number of nitrogens with zero attached hydrogens (tertiary/aromatic N) is 4.